The van der Waals surface area contributed by atoms with Crippen LogP contribution in [0, 0.1) is 11.7 Å². The van der Waals surface area contributed by atoms with Crippen LogP contribution in [0.5, 0.6) is 0 Å². The molecule has 0 bridgehead atoms. The van der Waals surface area contributed by atoms with Gasteiger partial charge in [0.05, 0.1) is 17.8 Å². The smallest absolute Gasteiger partial charge is 0.196 e. The Kier molecular flexibility index (Phi) is 3.40. The number of anilines is 1. The summed E-state index contributed by atoms with van der Waals surface area (Å²) >= 11 is 0. The first-order valence-electron chi connectivity index (χ1n) is 7.47. The zero-order chi connectivity index (χ0) is 14.2. The number of halogens is 1. The molecule has 4 heteroatoms. The molecule has 0 amide bonds. The van der Waals surface area contributed by atoms with Gasteiger partial charge in [0.25, 0.3) is 0 Å². The maximum atomic E-state index is 14.2. The van der Waals surface area contributed by atoms with E-state index in [1.165, 1.54) is 38.2 Å². The van der Waals surface area contributed by atoms with E-state index in [0.717, 1.165) is 0 Å². The number of hydrogen-bond donors (Lipinski definition) is 1. The highest BCUT2D eigenvalue weighted by atomic mass is 19.1. The lowest BCUT2D eigenvalue weighted by atomic mass is 9.75. The van der Waals surface area contributed by atoms with Gasteiger partial charge in [-0.2, -0.15) is 0 Å². The summed E-state index contributed by atoms with van der Waals surface area (Å²) in [6, 6.07) is 6.85. The van der Waals surface area contributed by atoms with Crippen LogP contribution in [-0.4, -0.2) is 18.0 Å². The molecule has 0 spiro atoms. The number of rotatable bonds is 2. The largest absolute Gasteiger partial charge is 0.369 e. The molecule has 1 aliphatic carbocycles. The van der Waals surface area contributed by atoms with Crippen LogP contribution in [0.2, 0.25) is 0 Å². The summed E-state index contributed by atoms with van der Waals surface area (Å²) in [5.74, 6) is 0.749. The predicted octanol–water partition coefficient (Wildman–Crippen LogP) is 3.30. The van der Waals surface area contributed by atoms with Crippen molar-refractivity contribution in [1.29, 1.82) is 0 Å². The average Bonchev–Trinajstić information content (AvgIpc) is 2.78. The van der Waals surface area contributed by atoms with Gasteiger partial charge in [-0.05, 0) is 37.8 Å². The molecular weight excluding hydrogens is 253 g/mol. The minimum Gasteiger partial charge on any atom is -0.369 e. The second kappa shape index (κ2) is 5.08. The van der Waals surface area contributed by atoms with E-state index in [2.05, 4.69) is 11.9 Å². The summed E-state index contributed by atoms with van der Waals surface area (Å²) in [6.07, 6.45) is 6.19. The van der Waals surface area contributed by atoms with Crippen LogP contribution in [0.3, 0.4) is 0 Å². The van der Waals surface area contributed by atoms with Crippen LogP contribution in [0.1, 0.15) is 39.0 Å². The summed E-state index contributed by atoms with van der Waals surface area (Å²) < 4.78 is 14.2. The molecule has 0 aromatic heterocycles. The quantitative estimate of drug-likeness (QED) is 0.899. The molecule has 0 saturated heterocycles. The van der Waals surface area contributed by atoms with Crippen LogP contribution in [0.4, 0.5) is 10.1 Å². The summed E-state index contributed by atoms with van der Waals surface area (Å²) in [6.45, 7) is 2.84. The number of benzene rings is 1. The second-order valence-electron chi connectivity index (χ2n) is 6.15. The van der Waals surface area contributed by atoms with Crippen molar-refractivity contribution < 1.29 is 4.39 Å². The van der Waals surface area contributed by atoms with Crippen molar-refractivity contribution in [2.24, 2.45) is 16.6 Å². The highest BCUT2D eigenvalue weighted by Crippen LogP contribution is 2.41. The van der Waals surface area contributed by atoms with E-state index >= 15 is 0 Å². The SMILES string of the molecule is CC1(C2CCCCC2)CN=C(N)N1c1ccccc1F. The molecule has 1 fully saturated rings. The number of guanidine groups is 1. The predicted molar refractivity (Wildman–Crippen MR) is 80.3 cm³/mol. The first-order chi connectivity index (χ1) is 9.63. The lowest BCUT2D eigenvalue weighted by Gasteiger charge is -2.44. The molecule has 1 unspecified atom stereocenters. The highest BCUT2D eigenvalue weighted by Gasteiger charge is 2.45. The Hall–Kier alpha value is -1.58. The third-order valence-corrected chi connectivity index (χ3v) is 4.88. The molecule has 20 heavy (non-hydrogen) atoms. The number of aliphatic imine (C=N–C) groups is 1. The zero-order valence-corrected chi connectivity index (χ0v) is 12.0. The molecule has 1 aromatic carbocycles. The number of hydrogen-bond acceptors (Lipinski definition) is 3. The Morgan fingerprint density at radius 3 is 2.65 bits per heavy atom. The van der Waals surface area contributed by atoms with Crippen LogP contribution < -0.4 is 10.6 Å². The topological polar surface area (TPSA) is 41.6 Å². The van der Waals surface area contributed by atoms with Gasteiger partial charge in [-0.25, -0.2) is 4.39 Å². The Balaban J connectivity index is 1.97. The van der Waals surface area contributed by atoms with E-state index < -0.39 is 0 Å². The second-order valence-corrected chi connectivity index (χ2v) is 6.15. The van der Waals surface area contributed by atoms with Crippen molar-refractivity contribution >= 4 is 11.6 Å². The van der Waals surface area contributed by atoms with Crippen molar-refractivity contribution in [1.82, 2.24) is 0 Å². The van der Waals surface area contributed by atoms with Gasteiger partial charge < -0.3 is 10.6 Å². The minimum absolute atomic E-state index is 0.188. The lowest BCUT2D eigenvalue weighted by molar-refractivity contribution is 0.237. The van der Waals surface area contributed by atoms with Gasteiger partial charge in [-0.1, -0.05) is 31.4 Å². The summed E-state index contributed by atoms with van der Waals surface area (Å²) in [5.41, 5.74) is 6.44. The van der Waals surface area contributed by atoms with E-state index in [0.29, 0.717) is 24.1 Å². The van der Waals surface area contributed by atoms with Crippen molar-refractivity contribution in [2.45, 2.75) is 44.6 Å². The molecule has 1 heterocycles. The molecular formula is C16H22FN3. The molecule has 1 saturated carbocycles. The molecule has 108 valence electrons. The van der Waals surface area contributed by atoms with Crippen molar-refractivity contribution in [3.05, 3.63) is 30.1 Å². The molecule has 1 aliphatic heterocycles. The summed E-state index contributed by atoms with van der Waals surface area (Å²) in [7, 11) is 0. The Morgan fingerprint density at radius 1 is 1.25 bits per heavy atom. The van der Waals surface area contributed by atoms with E-state index in [-0.39, 0.29) is 11.4 Å². The molecule has 1 atom stereocenters. The first kappa shape index (κ1) is 13.4. The van der Waals surface area contributed by atoms with Crippen LogP contribution >= 0.6 is 0 Å². The van der Waals surface area contributed by atoms with Crippen LogP contribution in [-0.2, 0) is 0 Å². The number of para-hydroxylation sites is 1. The third kappa shape index (κ3) is 2.07. The fourth-order valence-corrected chi connectivity index (χ4v) is 3.71. The molecule has 1 aromatic rings. The maximum absolute atomic E-state index is 14.2. The fraction of sp³-hybridized carbons (Fsp3) is 0.562. The van der Waals surface area contributed by atoms with Gasteiger partial charge in [0.15, 0.2) is 5.96 Å². The number of nitrogens with zero attached hydrogens (tertiary/aromatic N) is 2. The van der Waals surface area contributed by atoms with Crippen molar-refractivity contribution in [3.63, 3.8) is 0 Å². The normalized spacial score (nSPS) is 27.7. The Bertz CT molecular complexity index is 522. The monoisotopic (exact) mass is 275 g/mol. The minimum atomic E-state index is -0.227. The van der Waals surface area contributed by atoms with Crippen LogP contribution in [0.25, 0.3) is 0 Å². The maximum Gasteiger partial charge on any atom is 0.196 e. The van der Waals surface area contributed by atoms with Gasteiger partial charge in [0.1, 0.15) is 5.82 Å². The van der Waals surface area contributed by atoms with Gasteiger partial charge in [-0.15, -0.1) is 0 Å². The Morgan fingerprint density at radius 2 is 1.95 bits per heavy atom. The Labute approximate surface area is 119 Å². The van der Waals surface area contributed by atoms with E-state index in [1.54, 1.807) is 12.1 Å². The van der Waals surface area contributed by atoms with E-state index in [9.17, 15) is 4.39 Å². The lowest BCUT2D eigenvalue weighted by Crippen LogP contribution is -2.55. The van der Waals surface area contributed by atoms with Crippen LogP contribution in [0.15, 0.2) is 29.3 Å². The molecule has 0 radical (unpaired) electrons. The third-order valence-electron chi connectivity index (χ3n) is 4.88. The van der Waals surface area contributed by atoms with Crippen molar-refractivity contribution in [3.8, 4) is 0 Å². The van der Waals surface area contributed by atoms with Gasteiger partial charge in [0.2, 0.25) is 0 Å². The zero-order valence-electron chi connectivity index (χ0n) is 12.0. The highest BCUT2D eigenvalue weighted by molar-refractivity contribution is 5.98. The van der Waals surface area contributed by atoms with E-state index in [1.807, 2.05) is 11.0 Å². The fourth-order valence-electron chi connectivity index (χ4n) is 3.71. The summed E-state index contributed by atoms with van der Waals surface area (Å²) in [5, 5.41) is 0. The standard InChI is InChI=1S/C16H22FN3/c1-16(12-7-3-2-4-8-12)11-19-15(18)20(16)14-10-6-5-9-13(14)17/h5-6,9-10,12H,2-4,7-8,11H2,1H3,(H2,18,19). The number of nitrogens with two attached hydrogens (primary N) is 1. The van der Waals surface area contributed by atoms with Gasteiger partial charge >= 0.3 is 0 Å². The molecule has 2 N–H and O–H groups in total. The molecule has 2 aliphatic rings. The van der Waals surface area contributed by atoms with Gasteiger partial charge in [0, 0.05) is 0 Å². The van der Waals surface area contributed by atoms with Crippen molar-refractivity contribution in [2.75, 3.05) is 11.4 Å². The summed E-state index contributed by atoms with van der Waals surface area (Å²) in [4.78, 5) is 6.35. The molecule has 3 rings (SSSR count). The first-order valence-corrected chi connectivity index (χ1v) is 7.47. The average molecular weight is 275 g/mol. The molecule has 3 nitrogen and oxygen atoms in total. The van der Waals surface area contributed by atoms with Gasteiger partial charge in [-0.3, -0.25) is 4.99 Å². The van der Waals surface area contributed by atoms with E-state index in [4.69, 9.17) is 5.73 Å².